The summed E-state index contributed by atoms with van der Waals surface area (Å²) in [4.78, 5) is 24.1. The second-order valence-electron chi connectivity index (χ2n) is 11.6. The number of alkyl halides is 3. The highest BCUT2D eigenvalue weighted by Gasteiger charge is 2.31. The molecular formula is C34H35F3N6O2S. The number of aryl methyl sites for hydroxylation is 2. The van der Waals surface area contributed by atoms with Gasteiger partial charge in [-0.25, -0.2) is 14.5 Å². The number of anilines is 1. The first-order chi connectivity index (χ1) is 22.1. The quantitative estimate of drug-likeness (QED) is 0.208. The molecule has 1 aliphatic carbocycles. The molecule has 3 aromatic carbocycles. The average molecular weight is 649 g/mol. The number of nitrogens with one attached hydrogen (secondary N) is 1. The van der Waals surface area contributed by atoms with E-state index in [1.807, 2.05) is 12.1 Å². The molecule has 46 heavy (non-hydrogen) atoms. The molecule has 2 unspecified atom stereocenters. The third-order valence-corrected chi connectivity index (χ3v) is 9.21. The summed E-state index contributed by atoms with van der Waals surface area (Å²) in [5.41, 5.74) is 6.20. The molecule has 6 rings (SSSR count). The summed E-state index contributed by atoms with van der Waals surface area (Å²) in [6.07, 6.45) is 1.51. The fourth-order valence-corrected chi connectivity index (χ4v) is 7.01. The highest BCUT2D eigenvalue weighted by atomic mass is 32.2. The first-order valence-corrected chi connectivity index (χ1v) is 16.4. The zero-order chi connectivity index (χ0) is 32.3. The largest absolute Gasteiger partial charge is 0.573 e. The van der Waals surface area contributed by atoms with Crippen LogP contribution in [0.5, 0.6) is 5.75 Å². The summed E-state index contributed by atoms with van der Waals surface area (Å²) < 4.78 is 42.8. The molecule has 2 fully saturated rings. The Morgan fingerprint density at radius 1 is 1.09 bits per heavy atom. The summed E-state index contributed by atoms with van der Waals surface area (Å²) >= 11 is 1.62. The van der Waals surface area contributed by atoms with Crippen molar-refractivity contribution in [2.75, 3.05) is 17.2 Å². The van der Waals surface area contributed by atoms with Gasteiger partial charge in [0.15, 0.2) is 11.0 Å². The Morgan fingerprint density at radius 2 is 1.87 bits per heavy atom. The van der Waals surface area contributed by atoms with E-state index in [2.05, 4.69) is 74.2 Å². The summed E-state index contributed by atoms with van der Waals surface area (Å²) in [5.74, 6) is 1.42. The van der Waals surface area contributed by atoms with Crippen molar-refractivity contribution < 1.29 is 22.7 Å². The number of ether oxygens (including phenoxy) is 1. The van der Waals surface area contributed by atoms with Crippen LogP contribution in [0.15, 0.2) is 78.0 Å². The highest BCUT2D eigenvalue weighted by molar-refractivity contribution is 8.14. The summed E-state index contributed by atoms with van der Waals surface area (Å²) in [6.45, 7) is 5.10. The van der Waals surface area contributed by atoms with Crippen LogP contribution < -0.4 is 15.0 Å². The van der Waals surface area contributed by atoms with Crippen LogP contribution in [0.1, 0.15) is 55.2 Å². The Hall–Kier alpha value is -4.32. The zero-order valence-corrected chi connectivity index (χ0v) is 26.4. The molecule has 1 saturated carbocycles. The van der Waals surface area contributed by atoms with Crippen molar-refractivity contribution >= 4 is 28.6 Å². The number of carbonyl (C=O) groups excluding carboxylic acids is 1. The number of carbonyl (C=O) groups is 1. The average Bonchev–Trinajstić information content (AvgIpc) is 3.80. The predicted molar refractivity (Wildman–Crippen MR) is 175 cm³/mol. The molecule has 240 valence electrons. The summed E-state index contributed by atoms with van der Waals surface area (Å²) in [5, 5.41) is 8.39. The number of aromatic nitrogens is 3. The molecule has 8 nitrogen and oxygen atoms in total. The van der Waals surface area contributed by atoms with E-state index in [0.717, 1.165) is 60.8 Å². The Kier molecular flexibility index (Phi) is 9.34. The van der Waals surface area contributed by atoms with Crippen LogP contribution in [-0.2, 0) is 6.42 Å². The lowest BCUT2D eigenvalue weighted by Gasteiger charge is -2.22. The van der Waals surface area contributed by atoms with Gasteiger partial charge in [-0.15, -0.1) is 18.3 Å². The molecule has 1 aliphatic heterocycles. The summed E-state index contributed by atoms with van der Waals surface area (Å²) in [7, 11) is 0. The van der Waals surface area contributed by atoms with Crippen molar-refractivity contribution in [2.24, 2.45) is 4.99 Å². The topological polar surface area (TPSA) is 84.6 Å². The van der Waals surface area contributed by atoms with Gasteiger partial charge < -0.3 is 15.0 Å². The van der Waals surface area contributed by atoms with Crippen LogP contribution in [-0.4, -0.2) is 50.7 Å². The second kappa shape index (κ2) is 13.6. The number of urea groups is 1. The minimum atomic E-state index is -4.74. The van der Waals surface area contributed by atoms with Gasteiger partial charge in [0, 0.05) is 29.6 Å². The number of hydrogen-bond donors (Lipinski definition) is 1. The highest BCUT2D eigenvalue weighted by Crippen LogP contribution is 2.36. The zero-order valence-electron chi connectivity index (χ0n) is 25.6. The number of amides is 2. The van der Waals surface area contributed by atoms with E-state index in [9.17, 15) is 18.0 Å². The molecule has 2 atom stereocenters. The molecule has 0 bridgehead atoms. The van der Waals surface area contributed by atoms with Crippen molar-refractivity contribution in [3.63, 3.8) is 0 Å². The van der Waals surface area contributed by atoms with E-state index in [1.165, 1.54) is 52.0 Å². The van der Waals surface area contributed by atoms with Gasteiger partial charge in [0.2, 0.25) is 0 Å². The van der Waals surface area contributed by atoms with Crippen LogP contribution in [0.25, 0.3) is 17.1 Å². The Bertz CT molecular complexity index is 1710. The molecule has 4 aromatic rings. The lowest BCUT2D eigenvalue weighted by molar-refractivity contribution is -0.274. The maximum Gasteiger partial charge on any atom is 0.573 e. The molecule has 1 aromatic heterocycles. The van der Waals surface area contributed by atoms with Gasteiger partial charge in [-0.05, 0) is 85.5 Å². The molecule has 2 amide bonds. The third kappa shape index (κ3) is 7.55. The number of hydrogen-bond acceptors (Lipinski definition) is 5. The fraction of sp³-hybridized carbons (Fsp3) is 0.353. The van der Waals surface area contributed by atoms with Crippen LogP contribution in [0.4, 0.5) is 23.7 Å². The van der Waals surface area contributed by atoms with Gasteiger partial charge in [-0.1, -0.05) is 61.5 Å². The lowest BCUT2D eigenvalue weighted by Crippen LogP contribution is -2.33. The minimum Gasteiger partial charge on any atom is -0.406 e. The van der Waals surface area contributed by atoms with E-state index in [4.69, 9.17) is 0 Å². The number of benzene rings is 3. The van der Waals surface area contributed by atoms with Crippen LogP contribution in [0, 0.1) is 6.92 Å². The maximum absolute atomic E-state index is 13.0. The second-order valence-corrected chi connectivity index (χ2v) is 12.7. The number of thioether (sulfide) groups is 1. The monoisotopic (exact) mass is 648 g/mol. The molecule has 0 radical (unpaired) electrons. The molecular weight excluding hydrogens is 613 g/mol. The summed E-state index contributed by atoms with van der Waals surface area (Å²) in [6, 6.07) is 19.8. The maximum atomic E-state index is 13.0. The number of halogens is 3. The van der Waals surface area contributed by atoms with Gasteiger partial charge in [-0.2, -0.15) is 4.99 Å². The van der Waals surface area contributed by atoms with E-state index < -0.39 is 6.36 Å². The van der Waals surface area contributed by atoms with Crippen molar-refractivity contribution in [1.82, 2.24) is 20.1 Å². The van der Waals surface area contributed by atoms with Crippen LogP contribution in [0.3, 0.4) is 0 Å². The van der Waals surface area contributed by atoms with Crippen LogP contribution in [0.2, 0.25) is 0 Å². The van der Waals surface area contributed by atoms with Gasteiger partial charge in [-0.3, -0.25) is 0 Å². The number of amidine groups is 1. The van der Waals surface area contributed by atoms with E-state index >= 15 is 0 Å². The molecule has 1 saturated heterocycles. The normalized spacial score (nSPS) is 19.2. The first kappa shape index (κ1) is 31.7. The molecule has 2 aliphatic rings. The van der Waals surface area contributed by atoms with Crippen molar-refractivity contribution in [2.45, 2.75) is 64.3 Å². The molecule has 1 N–H and O–H groups in total. The smallest absolute Gasteiger partial charge is 0.406 e. The molecule has 0 spiro atoms. The minimum absolute atomic E-state index is 0.0567. The lowest BCUT2D eigenvalue weighted by atomic mass is 9.96. The third-order valence-electron chi connectivity index (χ3n) is 8.25. The van der Waals surface area contributed by atoms with E-state index in [1.54, 1.807) is 11.8 Å². The Labute approximate surface area is 270 Å². The fourth-order valence-electron chi connectivity index (χ4n) is 6.06. The van der Waals surface area contributed by atoms with Crippen molar-refractivity contribution in [1.29, 1.82) is 0 Å². The molecule has 12 heteroatoms. The van der Waals surface area contributed by atoms with Gasteiger partial charge in [0.1, 0.15) is 12.1 Å². The Morgan fingerprint density at radius 3 is 2.61 bits per heavy atom. The van der Waals surface area contributed by atoms with Crippen molar-refractivity contribution in [3.05, 3.63) is 89.7 Å². The van der Waals surface area contributed by atoms with Crippen LogP contribution >= 0.6 is 11.8 Å². The predicted octanol–water partition coefficient (Wildman–Crippen LogP) is 8.05. The van der Waals surface area contributed by atoms with E-state index in [-0.39, 0.29) is 17.8 Å². The van der Waals surface area contributed by atoms with Gasteiger partial charge >= 0.3 is 12.4 Å². The standard InChI is InChI=1S/C34H35F3N6O2S/c1-3-4-24-6-5-22(2)19-30(24)42-17-18-46-33(42)40-32(44)39-27-12-11-26(20-27)23-7-9-25(10-8-23)31-38-21-43(41-31)28-13-15-29(16-14-28)45-34(35,36)37/h5-10,13-16,19,21,26-27H,3-4,11-12,17-18,20H2,1-2H3,(H,39,44). The first-order valence-electron chi connectivity index (χ1n) is 15.4. The van der Waals surface area contributed by atoms with Crippen molar-refractivity contribution in [3.8, 4) is 22.8 Å². The number of rotatable bonds is 8. The van der Waals surface area contributed by atoms with Gasteiger partial charge in [0.05, 0.1) is 5.69 Å². The number of aliphatic imine (C=N–C) groups is 1. The van der Waals surface area contributed by atoms with E-state index in [0.29, 0.717) is 17.4 Å². The number of nitrogens with zero attached hydrogens (tertiary/aromatic N) is 5. The SMILES string of the molecule is CCCc1ccc(C)cc1N1CCSC1=NC(=O)NC1CCC(c2ccc(-c3ncn(-c4ccc(OC(F)(F)F)cc4)n3)cc2)C1. The Balaban J connectivity index is 1.05. The van der Waals surface area contributed by atoms with Gasteiger partial charge in [0.25, 0.3) is 0 Å². The molecule has 2 heterocycles.